The van der Waals surface area contributed by atoms with E-state index >= 15 is 0 Å². The maximum absolute atomic E-state index is 12.4. The van der Waals surface area contributed by atoms with Crippen molar-refractivity contribution in [3.63, 3.8) is 0 Å². The van der Waals surface area contributed by atoms with Crippen LogP contribution in [0.25, 0.3) is 5.69 Å². The van der Waals surface area contributed by atoms with Crippen LogP contribution >= 0.6 is 11.6 Å². The third-order valence-electron chi connectivity index (χ3n) is 4.64. The van der Waals surface area contributed by atoms with Gasteiger partial charge in [-0.15, -0.1) is 0 Å². The quantitative estimate of drug-likeness (QED) is 0.502. The molecule has 0 N–H and O–H groups in total. The van der Waals surface area contributed by atoms with Crippen LogP contribution in [-0.2, 0) is 0 Å². The summed E-state index contributed by atoms with van der Waals surface area (Å²) < 4.78 is 2.07. The average Bonchev–Trinajstić information content (AvgIpc) is 3.08. The number of halogens is 1. The van der Waals surface area contributed by atoms with Crippen molar-refractivity contribution >= 4 is 29.6 Å². The molecule has 5 nitrogen and oxygen atoms in total. The Kier molecular flexibility index (Phi) is 4.16. The highest BCUT2D eigenvalue weighted by atomic mass is 35.5. The molecule has 0 saturated heterocycles. The number of benzene rings is 2. The SMILES string of the molecule is Cc1cc(/C=N\N2C(=O)c3ccccc3C2=O)c(C)n1-c1ccc(Cl)cc1. The van der Waals surface area contributed by atoms with Gasteiger partial charge in [0.1, 0.15) is 0 Å². The molecular weight excluding hydrogens is 362 g/mol. The number of amides is 2. The molecule has 2 heterocycles. The average molecular weight is 378 g/mol. The van der Waals surface area contributed by atoms with E-state index in [9.17, 15) is 9.59 Å². The van der Waals surface area contributed by atoms with Gasteiger partial charge in [0, 0.05) is 27.7 Å². The number of fused-ring (bicyclic) bond motifs is 1. The van der Waals surface area contributed by atoms with Gasteiger partial charge < -0.3 is 4.57 Å². The maximum Gasteiger partial charge on any atom is 0.282 e. The van der Waals surface area contributed by atoms with Crippen molar-refractivity contribution in [2.45, 2.75) is 13.8 Å². The second-order valence-corrected chi connectivity index (χ2v) is 6.79. The summed E-state index contributed by atoms with van der Waals surface area (Å²) in [4.78, 5) is 24.8. The van der Waals surface area contributed by atoms with E-state index in [1.54, 1.807) is 30.5 Å². The molecule has 2 amide bonds. The molecular formula is C21H16ClN3O2. The second-order valence-electron chi connectivity index (χ2n) is 6.35. The fourth-order valence-electron chi connectivity index (χ4n) is 3.31. The lowest BCUT2D eigenvalue weighted by Gasteiger charge is -2.09. The fraction of sp³-hybridized carbons (Fsp3) is 0.0952. The number of carbonyl (C=O) groups is 2. The van der Waals surface area contributed by atoms with Gasteiger partial charge in [-0.2, -0.15) is 10.1 Å². The fourth-order valence-corrected chi connectivity index (χ4v) is 3.43. The largest absolute Gasteiger partial charge is 0.318 e. The van der Waals surface area contributed by atoms with Gasteiger partial charge in [0.05, 0.1) is 17.3 Å². The Balaban J connectivity index is 1.66. The second kappa shape index (κ2) is 6.52. The van der Waals surface area contributed by atoms with E-state index in [2.05, 4.69) is 9.67 Å². The molecule has 0 atom stereocenters. The Bertz CT molecular complexity index is 1060. The van der Waals surface area contributed by atoms with Gasteiger partial charge in [0.15, 0.2) is 0 Å². The van der Waals surface area contributed by atoms with Crippen LogP contribution in [0.4, 0.5) is 0 Å². The molecule has 2 aromatic carbocycles. The first-order chi connectivity index (χ1) is 13.0. The van der Waals surface area contributed by atoms with Gasteiger partial charge in [-0.1, -0.05) is 23.7 Å². The van der Waals surface area contributed by atoms with Crippen LogP contribution in [0, 0.1) is 13.8 Å². The van der Waals surface area contributed by atoms with Crippen LogP contribution in [0.5, 0.6) is 0 Å². The number of hydrogen-bond donors (Lipinski definition) is 0. The van der Waals surface area contributed by atoms with Gasteiger partial charge >= 0.3 is 0 Å². The van der Waals surface area contributed by atoms with Gasteiger partial charge in [-0.25, -0.2) is 0 Å². The molecule has 0 aliphatic carbocycles. The highest BCUT2D eigenvalue weighted by molar-refractivity contribution is 6.30. The van der Waals surface area contributed by atoms with Crippen LogP contribution < -0.4 is 0 Å². The first-order valence-corrected chi connectivity index (χ1v) is 8.82. The Morgan fingerprint density at radius 1 is 0.926 bits per heavy atom. The van der Waals surface area contributed by atoms with E-state index in [0.717, 1.165) is 27.6 Å². The zero-order valence-electron chi connectivity index (χ0n) is 14.8. The number of aryl methyl sites for hydroxylation is 1. The zero-order chi connectivity index (χ0) is 19.1. The van der Waals surface area contributed by atoms with Crippen LogP contribution in [0.1, 0.15) is 37.7 Å². The summed E-state index contributed by atoms with van der Waals surface area (Å²) in [7, 11) is 0. The van der Waals surface area contributed by atoms with E-state index in [1.165, 1.54) is 0 Å². The topological polar surface area (TPSA) is 54.7 Å². The minimum absolute atomic E-state index is 0.381. The van der Waals surface area contributed by atoms with Gasteiger partial charge in [-0.05, 0) is 56.3 Å². The summed E-state index contributed by atoms with van der Waals surface area (Å²) in [6, 6.07) is 16.2. The highest BCUT2D eigenvalue weighted by Crippen LogP contribution is 2.24. The summed E-state index contributed by atoms with van der Waals surface area (Å²) in [5.41, 5.74) is 4.54. The maximum atomic E-state index is 12.4. The van der Waals surface area contributed by atoms with Gasteiger partial charge in [0.25, 0.3) is 11.8 Å². The first-order valence-electron chi connectivity index (χ1n) is 8.44. The van der Waals surface area contributed by atoms with Crippen molar-refractivity contribution in [1.29, 1.82) is 0 Å². The van der Waals surface area contributed by atoms with E-state index in [0.29, 0.717) is 16.1 Å². The molecule has 0 unspecified atom stereocenters. The molecule has 0 saturated carbocycles. The summed E-state index contributed by atoms with van der Waals surface area (Å²) in [6.07, 6.45) is 1.55. The molecule has 0 fully saturated rings. The van der Waals surface area contributed by atoms with Crippen molar-refractivity contribution in [3.05, 3.63) is 87.7 Å². The Labute approximate surface area is 161 Å². The normalized spacial score (nSPS) is 13.7. The van der Waals surface area contributed by atoms with Crippen molar-refractivity contribution in [1.82, 2.24) is 9.58 Å². The third-order valence-corrected chi connectivity index (χ3v) is 4.89. The van der Waals surface area contributed by atoms with Crippen molar-refractivity contribution in [2.75, 3.05) is 0 Å². The number of rotatable bonds is 3. The number of imide groups is 1. The van der Waals surface area contributed by atoms with Crippen LogP contribution in [0.15, 0.2) is 59.7 Å². The number of carbonyl (C=O) groups excluding carboxylic acids is 2. The predicted molar refractivity (Wildman–Crippen MR) is 105 cm³/mol. The van der Waals surface area contributed by atoms with E-state index in [1.807, 2.05) is 44.2 Å². The molecule has 0 spiro atoms. The van der Waals surface area contributed by atoms with Gasteiger partial charge in [0.2, 0.25) is 0 Å². The zero-order valence-corrected chi connectivity index (χ0v) is 15.6. The molecule has 0 radical (unpaired) electrons. The highest BCUT2D eigenvalue weighted by Gasteiger charge is 2.35. The van der Waals surface area contributed by atoms with E-state index in [-0.39, 0.29) is 0 Å². The number of aromatic nitrogens is 1. The molecule has 3 aromatic rings. The minimum atomic E-state index is -0.404. The van der Waals surface area contributed by atoms with Crippen LogP contribution in [-0.4, -0.2) is 27.6 Å². The summed E-state index contributed by atoms with van der Waals surface area (Å²) in [6.45, 7) is 3.95. The molecule has 27 heavy (non-hydrogen) atoms. The standard InChI is InChI=1S/C21H16ClN3O2/c1-13-11-15(14(2)24(13)17-9-7-16(22)8-10-17)12-23-25-20(26)18-5-3-4-6-19(18)21(25)27/h3-12H,1-2H3/b23-12-. The summed E-state index contributed by atoms with van der Waals surface area (Å²) in [5, 5.41) is 5.76. The molecule has 1 aliphatic rings. The lowest BCUT2D eigenvalue weighted by molar-refractivity contribution is 0.0660. The van der Waals surface area contributed by atoms with Gasteiger partial charge in [-0.3, -0.25) is 9.59 Å². The summed E-state index contributed by atoms with van der Waals surface area (Å²) in [5.74, 6) is -0.809. The minimum Gasteiger partial charge on any atom is -0.318 e. The van der Waals surface area contributed by atoms with E-state index in [4.69, 9.17) is 11.6 Å². The molecule has 0 bridgehead atoms. The monoisotopic (exact) mass is 377 g/mol. The molecule has 134 valence electrons. The van der Waals surface area contributed by atoms with Crippen molar-refractivity contribution in [2.24, 2.45) is 5.10 Å². The predicted octanol–water partition coefficient (Wildman–Crippen LogP) is 4.38. The Hall–Kier alpha value is -3.18. The van der Waals surface area contributed by atoms with Crippen LogP contribution in [0.3, 0.4) is 0 Å². The lowest BCUT2D eigenvalue weighted by atomic mass is 10.1. The Morgan fingerprint density at radius 3 is 2.11 bits per heavy atom. The smallest absolute Gasteiger partial charge is 0.282 e. The first kappa shape index (κ1) is 17.2. The molecule has 6 heteroatoms. The van der Waals surface area contributed by atoms with Crippen LogP contribution in [0.2, 0.25) is 5.02 Å². The third kappa shape index (κ3) is 2.86. The molecule has 4 rings (SSSR count). The number of hydrazone groups is 1. The van der Waals surface area contributed by atoms with Crippen molar-refractivity contribution < 1.29 is 9.59 Å². The molecule has 1 aliphatic heterocycles. The Morgan fingerprint density at radius 2 is 1.52 bits per heavy atom. The number of nitrogens with zero attached hydrogens (tertiary/aromatic N) is 3. The molecule has 1 aromatic heterocycles. The van der Waals surface area contributed by atoms with E-state index < -0.39 is 11.8 Å². The summed E-state index contributed by atoms with van der Waals surface area (Å²) >= 11 is 5.97. The van der Waals surface area contributed by atoms with Crippen molar-refractivity contribution in [3.8, 4) is 5.69 Å². The lowest BCUT2D eigenvalue weighted by Crippen LogP contribution is -2.24. The number of hydrogen-bond acceptors (Lipinski definition) is 3.